The Labute approximate surface area is 266 Å². The first-order valence-electron chi connectivity index (χ1n) is 15.1. The van der Waals surface area contributed by atoms with Crippen LogP contribution in [0.3, 0.4) is 0 Å². The van der Waals surface area contributed by atoms with Crippen LogP contribution in [-0.2, 0) is 4.74 Å². The van der Waals surface area contributed by atoms with Crippen LogP contribution in [0.5, 0.6) is 5.75 Å². The molecule has 1 aliphatic heterocycles. The molecule has 0 aliphatic carbocycles. The molecule has 0 spiro atoms. The molecule has 1 fully saturated rings. The third-order valence-corrected chi connectivity index (χ3v) is 7.64. The molecule has 1 aliphatic rings. The minimum Gasteiger partial charge on any atom is -0.490 e. The Bertz CT molecular complexity index is 1910. The molecule has 10 heteroatoms. The summed E-state index contributed by atoms with van der Waals surface area (Å²) in [6.07, 6.45) is 1.59. The van der Waals surface area contributed by atoms with Gasteiger partial charge in [-0.2, -0.15) is 0 Å². The van der Waals surface area contributed by atoms with E-state index in [4.69, 9.17) is 14.5 Å². The molecule has 0 saturated carbocycles. The van der Waals surface area contributed by atoms with Crippen LogP contribution in [0.4, 0.5) is 21.7 Å². The number of carbonyl (C=O) groups excluding carboxylic acids is 2. The number of hydrogen-bond acceptors (Lipinski definition) is 7. The maximum atomic E-state index is 14.1. The Kier molecular flexibility index (Phi) is 8.89. The quantitative estimate of drug-likeness (QED) is 0.193. The normalized spacial score (nSPS) is 13.1. The van der Waals surface area contributed by atoms with Gasteiger partial charge in [0.25, 0.3) is 11.8 Å². The highest BCUT2D eigenvalue weighted by Crippen LogP contribution is 2.36. The van der Waals surface area contributed by atoms with E-state index in [0.717, 1.165) is 22.1 Å². The van der Waals surface area contributed by atoms with E-state index in [-0.39, 0.29) is 23.7 Å². The minimum atomic E-state index is -0.380. The van der Waals surface area contributed by atoms with Crippen LogP contribution in [0.2, 0.25) is 0 Å². The van der Waals surface area contributed by atoms with E-state index in [1.165, 1.54) is 12.1 Å². The number of aryl methyl sites for hydroxylation is 1. The highest BCUT2D eigenvalue weighted by Gasteiger charge is 2.19. The Balaban J connectivity index is 1.21. The fraction of sp³-hybridized carbons (Fsp3) is 0.222. The van der Waals surface area contributed by atoms with Crippen molar-refractivity contribution in [2.45, 2.75) is 26.9 Å². The number of anilines is 3. The predicted octanol–water partition coefficient (Wildman–Crippen LogP) is 7.00. The molecule has 1 aromatic heterocycles. The highest BCUT2D eigenvalue weighted by atomic mass is 19.1. The summed E-state index contributed by atoms with van der Waals surface area (Å²) >= 11 is 0. The molecule has 0 unspecified atom stereocenters. The summed E-state index contributed by atoms with van der Waals surface area (Å²) in [6.45, 7) is 7.85. The Hall–Kier alpha value is -5.35. The summed E-state index contributed by atoms with van der Waals surface area (Å²) in [5, 5.41) is 7.04. The Morgan fingerprint density at radius 2 is 1.70 bits per heavy atom. The molecular formula is C36H34FN5O4. The van der Waals surface area contributed by atoms with E-state index in [0.29, 0.717) is 66.0 Å². The molecule has 6 rings (SSSR count). The molecule has 2 heterocycles. The summed E-state index contributed by atoms with van der Waals surface area (Å²) in [7, 11) is 0. The van der Waals surface area contributed by atoms with Crippen molar-refractivity contribution in [1.82, 2.24) is 14.9 Å². The van der Waals surface area contributed by atoms with Gasteiger partial charge in [-0.25, -0.2) is 14.4 Å². The zero-order valence-electron chi connectivity index (χ0n) is 25.8. The molecule has 4 aromatic carbocycles. The van der Waals surface area contributed by atoms with Gasteiger partial charge in [0.15, 0.2) is 0 Å². The molecule has 46 heavy (non-hydrogen) atoms. The van der Waals surface area contributed by atoms with Gasteiger partial charge >= 0.3 is 0 Å². The number of fused-ring (bicyclic) bond motifs is 1. The molecule has 234 valence electrons. The second-order valence-electron chi connectivity index (χ2n) is 11.3. The maximum absolute atomic E-state index is 14.1. The van der Waals surface area contributed by atoms with Crippen LogP contribution >= 0.6 is 0 Å². The van der Waals surface area contributed by atoms with Crippen molar-refractivity contribution in [3.8, 4) is 16.9 Å². The van der Waals surface area contributed by atoms with Gasteiger partial charge in [-0.3, -0.25) is 9.59 Å². The number of ether oxygens (including phenoxy) is 2. The van der Waals surface area contributed by atoms with E-state index in [2.05, 4.69) is 15.6 Å². The van der Waals surface area contributed by atoms with Crippen molar-refractivity contribution in [2.75, 3.05) is 36.9 Å². The molecule has 2 N–H and O–H groups in total. The van der Waals surface area contributed by atoms with Crippen LogP contribution < -0.4 is 15.4 Å². The van der Waals surface area contributed by atoms with Crippen LogP contribution in [-0.4, -0.2) is 59.1 Å². The molecule has 1 saturated heterocycles. The number of hydrogen-bond donors (Lipinski definition) is 2. The number of morpholine rings is 1. The minimum absolute atomic E-state index is 0.0742. The second kappa shape index (κ2) is 13.3. The fourth-order valence-electron chi connectivity index (χ4n) is 5.27. The van der Waals surface area contributed by atoms with Crippen molar-refractivity contribution in [3.63, 3.8) is 0 Å². The van der Waals surface area contributed by atoms with Crippen molar-refractivity contribution in [2.24, 2.45) is 0 Å². The van der Waals surface area contributed by atoms with Crippen LogP contribution in [0.25, 0.3) is 22.0 Å². The average molecular weight is 620 g/mol. The van der Waals surface area contributed by atoms with Crippen LogP contribution in [0.15, 0.2) is 85.1 Å². The summed E-state index contributed by atoms with van der Waals surface area (Å²) < 4.78 is 25.4. The number of benzene rings is 4. The standard InChI is InChI=1S/C36H34FN5O4/c1-22(2)46-32-19-27(37)12-14-29(32)30-6-4-5-26-21-38-36(41-33(26)30)39-28-13-7-23(3)31(20-28)40-34(43)24-8-10-25(11-9-24)35(44)42-15-17-45-18-16-42/h4-14,19-22H,15-18H2,1-3H3,(H,40,43)(H,38,39,41). The van der Waals surface area contributed by atoms with E-state index >= 15 is 0 Å². The van der Waals surface area contributed by atoms with Gasteiger partial charge in [0.2, 0.25) is 5.95 Å². The molecule has 0 radical (unpaired) electrons. The first-order valence-corrected chi connectivity index (χ1v) is 15.1. The first kappa shape index (κ1) is 30.7. The summed E-state index contributed by atoms with van der Waals surface area (Å²) in [5.41, 5.74) is 5.31. The topological polar surface area (TPSA) is 106 Å². The predicted molar refractivity (Wildman–Crippen MR) is 176 cm³/mol. The van der Waals surface area contributed by atoms with Gasteiger partial charge in [-0.05, 0) is 74.9 Å². The zero-order valence-corrected chi connectivity index (χ0v) is 25.8. The maximum Gasteiger partial charge on any atom is 0.255 e. The van der Waals surface area contributed by atoms with Gasteiger partial charge < -0.3 is 25.0 Å². The lowest BCUT2D eigenvalue weighted by Gasteiger charge is -2.26. The largest absolute Gasteiger partial charge is 0.490 e. The molecule has 0 atom stereocenters. The SMILES string of the molecule is Cc1ccc(Nc2ncc3cccc(-c4ccc(F)cc4OC(C)C)c3n2)cc1NC(=O)c1ccc(C(=O)N2CCOCC2)cc1. The van der Waals surface area contributed by atoms with Crippen LogP contribution in [0.1, 0.15) is 40.1 Å². The number of rotatable bonds is 8. The first-order chi connectivity index (χ1) is 22.2. The number of nitrogens with one attached hydrogen (secondary N) is 2. The number of para-hydroxylation sites is 1. The van der Waals surface area contributed by atoms with Gasteiger partial charge in [0.05, 0.1) is 24.8 Å². The lowest BCUT2D eigenvalue weighted by atomic mass is 10.0. The van der Waals surface area contributed by atoms with Crippen molar-refractivity contribution in [3.05, 3.63) is 108 Å². The average Bonchev–Trinajstić information content (AvgIpc) is 3.06. The number of carbonyl (C=O) groups is 2. The van der Waals surface area contributed by atoms with Crippen molar-refractivity contribution < 1.29 is 23.5 Å². The second-order valence-corrected chi connectivity index (χ2v) is 11.3. The molecule has 0 bridgehead atoms. The van der Waals surface area contributed by atoms with Gasteiger partial charge in [-0.15, -0.1) is 0 Å². The van der Waals surface area contributed by atoms with E-state index in [1.54, 1.807) is 41.4 Å². The summed E-state index contributed by atoms with van der Waals surface area (Å²) in [6, 6.07) is 22.5. The molecular weight excluding hydrogens is 585 g/mol. The number of halogens is 1. The number of nitrogens with zero attached hydrogens (tertiary/aromatic N) is 3. The van der Waals surface area contributed by atoms with Gasteiger partial charge in [0.1, 0.15) is 11.6 Å². The third-order valence-electron chi connectivity index (χ3n) is 7.64. The highest BCUT2D eigenvalue weighted by molar-refractivity contribution is 6.05. The van der Waals surface area contributed by atoms with Gasteiger partial charge in [-0.1, -0.05) is 24.3 Å². The summed E-state index contributed by atoms with van der Waals surface area (Å²) in [5.74, 6) is 0.0449. The Morgan fingerprint density at radius 1 is 0.935 bits per heavy atom. The van der Waals surface area contributed by atoms with Gasteiger partial charge in [0, 0.05) is 64.4 Å². The van der Waals surface area contributed by atoms with Crippen LogP contribution in [0, 0.1) is 12.7 Å². The molecule has 2 amide bonds. The Morgan fingerprint density at radius 3 is 2.46 bits per heavy atom. The smallest absolute Gasteiger partial charge is 0.255 e. The summed E-state index contributed by atoms with van der Waals surface area (Å²) in [4.78, 5) is 37.0. The number of aromatic nitrogens is 2. The van der Waals surface area contributed by atoms with E-state index in [9.17, 15) is 14.0 Å². The van der Waals surface area contributed by atoms with Crippen molar-refractivity contribution >= 4 is 40.0 Å². The fourth-order valence-corrected chi connectivity index (χ4v) is 5.27. The number of amides is 2. The molecule has 5 aromatic rings. The zero-order chi connectivity index (χ0) is 32.2. The molecule has 9 nitrogen and oxygen atoms in total. The van der Waals surface area contributed by atoms with Crippen molar-refractivity contribution in [1.29, 1.82) is 0 Å². The van der Waals surface area contributed by atoms with E-state index in [1.807, 2.05) is 57.2 Å². The lowest BCUT2D eigenvalue weighted by molar-refractivity contribution is 0.0303. The third kappa shape index (κ3) is 6.82. The lowest BCUT2D eigenvalue weighted by Crippen LogP contribution is -2.40. The van der Waals surface area contributed by atoms with E-state index < -0.39 is 0 Å². The monoisotopic (exact) mass is 619 g/mol.